The van der Waals surface area contributed by atoms with Gasteiger partial charge in [-0.25, -0.2) is 0 Å². The second-order valence-electron chi connectivity index (χ2n) is 6.63. The fourth-order valence-corrected chi connectivity index (χ4v) is 2.85. The number of para-hydroxylation sites is 2. The van der Waals surface area contributed by atoms with Gasteiger partial charge in [0.05, 0.1) is 0 Å². The van der Waals surface area contributed by atoms with Crippen LogP contribution in [0.15, 0.2) is 48.5 Å². The summed E-state index contributed by atoms with van der Waals surface area (Å²) in [4.78, 5) is 24.8. The van der Waals surface area contributed by atoms with Crippen molar-refractivity contribution in [3.8, 4) is 11.5 Å². The molecule has 6 heteroatoms. The zero-order valence-electron chi connectivity index (χ0n) is 14.4. The Kier molecular flexibility index (Phi) is 4.24. The Balaban J connectivity index is 1.45. The van der Waals surface area contributed by atoms with E-state index in [1.807, 2.05) is 18.2 Å². The number of carbonyl (C=O) groups excluding carboxylic acids is 2. The molecule has 1 fully saturated rings. The molecule has 4 rings (SSSR count). The van der Waals surface area contributed by atoms with E-state index in [4.69, 9.17) is 9.47 Å². The first-order chi connectivity index (χ1) is 12.6. The standard InChI is InChI=1S/C20H20N2O4/c1-12-18(26-17-8-3-2-7-16(17)25-12)20(24)22-15-6-4-5-13(11-15)19(23)21-14-9-10-14/h2-8,11-12,14,18H,9-10H2,1H3,(H,21,23)(H,22,24)/t12-,18+/m1/s1. The molecule has 0 bridgehead atoms. The molecule has 0 saturated heterocycles. The summed E-state index contributed by atoms with van der Waals surface area (Å²) in [7, 11) is 0. The molecule has 6 nitrogen and oxygen atoms in total. The molecule has 0 aromatic heterocycles. The predicted molar refractivity (Wildman–Crippen MR) is 96.5 cm³/mol. The topological polar surface area (TPSA) is 76.7 Å². The molecular formula is C20H20N2O4. The number of fused-ring (bicyclic) bond motifs is 1. The smallest absolute Gasteiger partial charge is 0.269 e. The van der Waals surface area contributed by atoms with E-state index in [0.717, 1.165) is 12.8 Å². The van der Waals surface area contributed by atoms with Crippen LogP contribution >= 0.6 is 0 Å². The number of rotatable bonds is 4. The van der Waals surface area contributed by atoms with Gasteiger partial charge in [0.2, 0.25) is 6.10 Å². The third-order valence-electron chi connectivity index (χ3n) is 4.41. The van der Waals surface area contributed by atoms with Crippen LogP contribution in [0, 0.1) is 0 Å². The second-order valence-corrected chi connectivity index (χ2v) is 6.63. The summed E-state index contributed by atoms with van der Waals surface area (Å²) in [6.07, 6.45) is 0.862. The monoisotopic (exact) mass is 352 g/mol. The molecule has 134 valence electrons. The van der Waals surface area contributed by atoms with Crippen molar-refractivity contribution in [3.05, 3.63) is 54.1 Å². The molecule has 1 saturated carbocycles. The van der Waals surface area contributed by atoms with Gasteiger partial charge in [0, 0.05) is 17.3 Å². The molecule has 0 spiro atoms. The van der Waals surface area contributed by atoms with Gasteiger partial charge in [-0.05, 0) is 50.1 Å². The molecule has 1 aliphatic heterocycles. The van der Waals surface area contributed by atoms with Gasteiger partial charge in [-0.2, -0.15) is 0 Å². The molecule has 2 N–H and O–H groups in total. The highest BCUT2D eigenvalue weighted by Crippen LogP contribution is 2.33. The highest BCUT2D eigenvalue weighted by atomic mass is 16.6. The minimum absolute atomic E-state index is 0.122. The van der Waals surface area contributed by atoms with Crippen molar-refractivity contribution in [2.45, 2.75) is 38.0 Å². The van der Waals surface area contributed by atoms with E-state index in [0.29, 0.717) is 22.7 Å². The summed E-state index contributed by atoms with van der Waals surface area (Å²) in [5, 5.41) is 5.75. The van der Waals surface area contributed by atoms with Crippen molar-refractivity contribution in [3.63, 3.8) is 0 Å². The Labute approximate surface area is 151 Å². The van der Waals surface area contributed by atoms with Gasteiger partial charge in [0.15, 0.2) is 11.5 Å². The van der Waals surface area contributed by atoms with Crippen LogP contribution in [0.3, 0.4) is 0 Å². The lowest BCUT2D eigenvalue weighted by molar-refractivity contribution is -0.128. The second kappa shape index (κ2) is 6.71. The molecule has 2 amide bonds. The summed E-state index contributed by atoms with van der Waals surface area (Å²) in [6, 6.07) is 14.4. The van der Waals surface area contributed by atoms with Crippen LogP contribution in [0.4, 0.5) is 5.69 Å². The maximum atomic E-state index is 12.6. The number of nitrogens with one attached hydrogen (secondary N) is 2. The lowest BCUT2D eigenvalue weighted by Crippen LogP contribution is -2.46. The number of carbonyl (C=O) groups is 2. The first kappa shape index (κ1) is 16.4. The largest absolute Gasteiger partial charge is 0.482 e. The number of hydrogen-bond donors (Lipinski definition) is 2. The molecule has 2 aromatic rings. The Morgan fingerprint density at radius 1 is 1.00 bits per heavy atom. The Morgan fingerprint density at radius 2 is 1.73 bits per heavy atom. The molecule has 1 aliphatic carbocycles. The molecular weight excluding hydrogens is 332 g/mol. The number of anilines is 1. The first-order valence-corrected chi connectivity index (χ1v) is 8.74. The molecule has 2 aromatic carbocycles. The molecule has 2 aliphatic rings. The summed E-state index contributed by atoms with van der Waals surface area (Å²) in [6.45, 7) is 1.79. The highest BCUT2D eigenvalue weighted by molar-refractivity contribution is 5.98. The van der Waals surface area contributed by atoms with E-state index >= 15 is 0 Å². The van der Waals surface area contributed by atoms with Gasteiger partial charge in [-0.3, -0.25) is 9.59 Å². The Morgan fingerprint density at radius 3 is 2.46 bits per heavy atom. The molecule has 0 radical (unpaired) electrons. The van der Waals surface area contributed by atoms with Gasteiger partial charge in [0.1, 0.15) is 6.10 Å². The van der Waals surface area contributed by atoms with Crippen LogP contribution in [-0.4, -0.2) is 30.1 Å². The minimum Gasteiger partial charge on any atom is -0.482 e. The minimum atomic E-state index is -0.770. The van der Waals surface area contributed by atoms with E-state index in [1.54, 1.807) is 37.3 Å². The number of amides is 2. The summed E-state index contributed by atoms with van der Waals surface area (Å²) >= 11 is 0. The average molecular weight is 352 g/mol. The quantitative estimate of drug-likeness (QED) is 0.887. The summed E-state index contributed by atoms with van der Waals surface area (Å²) in [5.41, 5.74) is 1.07. The number of benzene rings is 2. The third-order valence-corrected chi connectivity index (χ3v) is 4.41. The van der Waals surface area contributed by atoms with E-state index in [-0.39, 0.29) is 17.9 Å². The summed E-state index contributed by atoms with van der Waals surface area (Å²) < 4.78 is 11.6. The van der Waals surface area contributed by atoms with Crippen molar-refractivity contribution < 1.29 is 19.1 Å². The van der Waals surface area contributed by atoms with E-state index < -0.39 is 12.2 Å². The van der Waals surface area contributed by atoms with Crippen LogP contribution in [0.25, 0.3) is 0 Å². The maximum Gasteiger partial charge on any atom is 0.269 e. The average Bonchev–Trinajstić information content (AvgIpc) is 3.45. The molecule has 0 unspecified atom stereocenters. The SMILES string of the molecule is C[C@H]1Oc2ccccc2O[C@@H]1C(=O)Nc1cccc(C(=O)NC2CC2)c1. The first-order valence-electron chi connectivity index (χ1n) is 8.74. The maximum absolute atomic E-state index is 12.6. The number of hydrogen-bond acceptors (Lipinski definition) is 4. The Bertz CT molecular complexity index is 847. The van der Waals surface area contributed by atoms with Crippen molar-refractivity contribution in [2.75, 3.05) is 5.32 Å². The zero-order chi connectivity index (χ0) is 18.1. The van der Waals surface area contributed by atoms with Crippen LogP contribution in [0.2, 0.25) is 0 Å². The van der Waals surface area contributed by atoms with Crippen LogP contribution in [0.1, 0.15) is 30.1 Å². The van der Waals surface area contributed by atoms with E-state index in [1.165, 1.54) is 0 Å². The van der Waals surface area contributed by atoms with Crippen LogP contribution in [-0.2, 0) is 4.79 Å². The van der Waals surface area contributed by atoms with Gasteiger partial charge in [0.25, 0.3) is 11.8 Å². The van der Waals surface area contributed by atoms with Crippen LogP contribution in [0.5, 0.6) is 11.5 Å². The normalized spacial score (nSPS) is 21.0. The van der Waals surface area contributed by atoms with Gasteiger partial charge >= 0.3 is 0 Å². The predicted octanol–water partition coefficient (Wildman–Crippen LogP) is 2.75. The highest BCUT2D eigenvalue weighted by Gasteiger charge is 2.34. The fraction of sp³-hybridized carbons (Fsp3) is 0.300. The summed E-state index contributed by atoms with van der Waals surface area (Å²) in [5.74, 6) is 0.737. The lowest BCUT2D eigenvalue weighted by Gasteiger charge is -2.31. The Hall–Kier alpha value is -3.02. The van der Waals surface area contributed by atoms with E-state index in [9.17, 15) is 9.59 Å². The van der Waals surface area contributed by atoms with Crippen LogP contribution < -0.4 is 20.1 Å². The van der Waals surface area contributed by atoms with Gasteiger partial charge in [-0.15, -0.1) is 0 Å². The fourth-order valence-electron chi connectivity index (χ4n) is 2.85. The van der Waals surface area contributed by atoms with Crippen molar-refractivity contribution in [1.82, 2.24) is 5.32 Å². The molecule has 1 heterocycles. The van der Waals surface area contributed by atoms with Gasteiger partial charge in [-0.1, -0.05) is 18.2 Å². The zero-order valence-corrected chi connectivity index (χ0v) is 14.4. The number of ether oxygens (including phenoxy) is 2. The van der Waals surface area contributed by atoms with Crippen molar-refractivity contribution in [1.29, 1.82) is 0 Å². The van der Waals surface area contributed by atoms with E-state index in [2.05, 4.69) is 10.6 Å². The van der Waals surface area contributed by atoms with Crippen molar-refractivity contribution >= 4 is 17.5 Å². The molecule has 26 heavy (non-hydrogen) atoms. The van der Waals surface area contributed by atoms with Gasteiger partial charge < -0.3 is 20.1 Å². The lowest BCUT2D eigenvalue weighted by atomic mass is 10.1. The third kappa shape index (κ3) is 3.49. The van der Waals surface area contributed by atoms with Crippen molar-refractivity contribution in [2.24, 2.45) is 0 Å². The molecule has 2 atom stereocenters.